The van der Waals surface area contributed by atoms with Crippen molar-refractivity contribution in [2.75, 3.05) is 0 Å². The van der Waals surface area contributed by atoms with E-state index in [1.165, 1.54) is 6.08 Å². The molecule has 8 heteroatoms. The van der Waals surface area contributed by atoms with E-state index < -0.39 is 24.0 Å². The van der Waals surface area contributed by atoms with Gasteiger partial charge in [0.2, 0.25) is 0 Å². The van der Waals surface area contributed by atoms with Gasteiger partial charge >= 0.3 is 7.12 Å². The van der Waals surface area contributed by atoms with Crippen molar-refractivity contribution in [1.29, 1.82) is 0 Å². The molecule has 3 heterocycles. The van der Waals surface area contributed by atoms with Crippen molar-refractivity contribution in [3.8, 4) is 0 Å². The lowest BCUT2D eigenvalue weighted by atomic mass is 9.87. The Morgan fingerprint density at radius 1 is 1.13 bits per heavy atom. The number of hydrogen-bond donors (Lipinski definition) is 0. The minimum atomic E-state index is -1.05. The van der Waals surface area contributed by atoms with Crippen molar-refractivity contribution < 1.29 is 13.7 Å². The van der Waals surface area contributed by atoms with Crippen LogP contribution >= 0.6 is 15.9 Å². The third-order valence-corrected chi connectivity index (χ3v) is 4.88. The van der Waals surface area contributed by atoms with Crippen LogP contribution in [0.1, 0.15) is 33.3 Å². The highest BCUT2D eigenvalue weighted by Gasteiger charge is 2.53. The van der Waals surface area contributed by atoms with Crippen LogP contribution in [0.2, 0.25) is 0 Å². The van der Waals surface area contributed by atoms with Crippen LogP contribution in [0.15, 0.2) is 28.8 Å². The first-order valence-corrected chi connectivity index (χ1v) is 7.98. The Kier molecular flexibility index (Phi) is 4.02. The Morgan fingerprint density at radius 3 is 2.39 bits per heavy atom. The predicted octanol–water partition coefficient (Wildman–Crippen LogP) is 3.73. The fourth-order valence-electron chi connectivity index (χ4n) is 2.21. The monoisotopic (exact) mass is 379 g/mol. The van der Waals surface area contributed by atoms with Gasteiger partial charge in [0, 0.05) is 28.6 Å². The summed E-state index contributed by atoms with van der Waals surface area (Å²) in [4.78, 5) is 12.5. The van der Waals surface area contributed by atoms with Crippen molar-refractivity contribution in [3.63, 3.8) is 0 Å². The molecular formula is C15H16BBrFN3O2. The van der Waals surface area contributed by atoms with E-state index in [1.807, 2.05) is 27.7 Å². The van der Waals surface area contributed by atoms with Crippen molar-refractivity contribution in [3.05, 3.63) is 34.4 Å². The van der Waals surface area contributed by atoms with E-state index >= 15 is 0 Å². The van der Waals surface area contributed by atoms with Crippen LogP contribution < -0.4 is 0 Å². The van der Waals surface area contributed by atoms with Crippen LogP contribution in [0.25, 0.3) is 17.2 Å². The van der Waals surface area contributed by atoms with Gasteiger partial charge in [-0.05, 0) is 49.7 Å². The van der Waals surface area contributed by atoms with E-state index in [4.69, 9.17) is 9.31 Å². The third-order valence-electron chi connectivity index (χ3n) is 4.25. The largest absolute Gasteiger partial charge is 0.525 e. The van der Waals surface area contributed by atoms with Gasteiger partial charge in [-0.3, -0.25) is 4.98 Å². The maximum absolute atomic E-state index is 14.7. The zero-order valence-electron chi connectivity index (χ0n) is 13.3. The Labute approximate surface area is 142 Å². The quantitative estimate of drug-likeness (QED) is 0.744. The van der Waals surface area contributed by atoms with Crippen molar-refractivity contribution >= 4 is 40.3 Å². The summed E-state index contributed by atoms with van der Waals surface area (Å²) >= 11 is 3.38. The molecule has 3 rings (SSSR count). The highest BCUT2D eigenvalue weighted by atomic mass is 79.9. The molecule has 1 saturated heterocycles. The smallest absolute Gasteiger partial charge is 0.398 e. The molecule has 1 aliphatic rings. The van der Waals surface area contributed by atoms with Crippen molar-refractivity contribution in [2.24, 2.45) is 0 Å². The molecule has 0 aromatic carbocycles. The van der Waals surface area contributed by atoms with E-state index in [1.54, 1.807) is 18.6 Å². The molecule has 2 aromatic heterocycles. The second-order valence-corrected chi connectivity index (χ2v) is 7.22. The average molecular weight is 380 g/mol. The first kappa shape index (κ1) is 16.5. The highest BCUT2D eigenvalue weighted by molar-refractivity contribution is 9.10. The molecule has 2 aromatic rings. The zero-order chi connectivity index (χ0) is 16.8. The standard InChI is InChI=1S/C15H16BBrFN3O2/c1-14(2)15(3,4)23-16(22-14)11(18)7-9-10(17)8-21-13-12(9)19-5-6-20-13/h5-8H,1-4H3. The lowest BCUT2D eigenvalue weighted by molar-refractivity contribution is 0.00578. The number of nitrogens with zero attached hydrogens (tertiary/aromatic N) is 3. The van der Waals surface area contributed by atoms with Crippen molar-refractivity contribution in [2.45, 2.75) is 38.9 Å². The van der Waals surface area contributed by atoms with Crippen molar-refractivity contribution in [1.82, 2.24) is 15.0 Å². The van der Waals surface area contributed by atoms with Gasteiger partial charge in [0.25, 0.3) is 0 Å². The Hall–Kier alpha value is -1.38. The van der Waals surface area contributed by atoms with Crippen LogP contribution in [0, 0.1) is 0 Å². The van der Waals surface area contributed by atoms with E-state index in [9.17, 15) is 4.39 Å². The SMILES string of the molecule is CC1(C)OB(C(F)=Cc2c(Br)cnc3nccnc23)OC1(C)C. The minimum Gasteiger partial charge on any atom is -0.398 e. The fourth-order valence-corrected chi connectivity index (χ4v) is 2.62. The molecule has 120 valence electrons. The van der Waals surface area contributed by atoms with Crippen LogP contribution in [0.4, 0.5) is 4.39 Å². The molecule has 0 unspecified atom stereocenters. The Bertz CT molecular complexity index is 781. The predicted molar refractivity (Wildman–Crippen MR) is 90.2 cm³/mol. The molecule has 0 bridgehead atoms. The molecular weight excluding hydrogens is 364 g/mol. The summed E-state index contributed by atoms with van der Waals surface area (Å²) in [5, 5.41) is 0. The molecule has 0 spiro atoms. The van der Waals surface area contributed by atoms with Gasteiger partial charge in [-0.25, -0.2) is 14.4 Å². The number of rotatable bonds is 2. The van der Waals surface area contributed by atoms with E-state index in [2.05, 4.69) is 30.9 Å². The maximum atomic E-state index is 14.7. The Balaban J connectivity index is 2.01. The highest BCUT2D eigenvalue weighted by Crippen LogP contribution is 2.39. The first-order chi connectivity index (χ1) is 10.7. The summed E-state index contributed by atoms with van der Waals surface area (Å²) in [5.74, 6) is 0. The van der Waals surface area contributed by atoms with Crippen LogP contribution in [0.5, 0.6) is 0 Å². The summed E-state index contributed by atoms with van der Waals surface area (Å²) < 4.78 is 26.8. The molecule has 5 nitrogen and oxygen atoms in total. The van der Waals surface area contributed by atoms with Gasteiger partial charge in [0.15, 0.2) is 5.65 Å². The molecule has 23 heavy (non-hydrogen) atoms. The summed E-state index contributed by atoms with van der Waals surface area (Å²) in [7, 11) is -1.05. The zero-order valence-corrected chi connectivity index (χ0v) is 14.9. The first-order valence-electron chi connectivity index (χ1n) is 7.19. The molecule has 0 amide bonds. The van der Waals surface area contributed by atoms with Gasteiger partial charge in [-0.15, -0.1) is 0 Å². The topological polar surface area (TPSA) is 57.1 Å². The number of hydrogen-bond acceptors (Lipinski definition) is 5. The molecule has 1 fully saturated rings. The van der Waals surface area contributed by atoms with E-state index in [-0.39, 0.29) is 0 Å². The molecule has 0 aliphatic carbocycles. The fraction of sp³-hybridized carbons (Fsp3) is 0.400. The van der Waals surface area contributed by atoms with Crippen LogP contribution in [-0.4, -0.2) is 33.3 Å². The lowest BCUT2D eigenvalue weighted by Gasteiger charge is -2.32. The maximum Gasteiger partial charge on any atom is 0.525 e. The molecule has 0 radical (unpaired) electrons. The minimum absolute atomic E-state index is 0.448. The molecule has 0 saturated carbocycles. The molecule has 0 N–H and O–H groups in total. The van der Waals surface area contributed by atoms with E-state index in [0.717, 1.165) is 0 Å². The number of pyridine rings is 1. The summed E-state index contributed by atoms with van der Waals surface area (Å²) in [6, 6.07) is 0. The normalized spacial score (nSPS) is 20.3. The molecule has 0 atom stereocenters. The number of halogens is 2. The summed E-state index contributed by atoms with van der Waals surface area (Å²) in [5.41, 5.74) is -0.213. The second-order valence-electron chi connectivity index (χ2n) is 6.37. The van der Waals surface area contributed by atoms with Gasteiger partial charge in [0.05, 0.1) is 11.2 Å². The number of fused-ring (bicyclic) bond motifs is 1. The Morgan fingerprint density at radius 2 is 1.74 bits per heavy atom. The van der Waals surface area contributed by atoms with Gasteiger partial charge in [-0.2, -0.15) is 0 Å². The van der Waals surface area contributed by atoms with Gasteiger partial charge in [-0.1, -0.05) is 0 Å². The third kappa shape index (κ3) is 2.91. The van der Waals surface area contributed by atoms with Gasteiger partial charge in [0.1, 0.15) is 11.2 Å². The number of aromatic nitrogens is 3. The summed E-state index contributed by atoms with van der Waals surface area (Å²) in [6.07, 6.45) is 6.01. The molecule has 1 aliphatic heterocycles. The second kappa shape index (κ2) is 5.61. The lowest BCUT2D eigenvalue weighted by Crippen LogP contribution is -2.41. The van der Waals surface area contributed by atoms with E-state index in [0.29, 0.717) is 21.2 Å². The van der Waals surface area contributed by atoms with Gasteiger partial charge < -0.3 is 9.31 Å². The average Bonchev–Trinajstić information content (AvgIpc) is 2.70. The van der Waals surface area contributed by atoms with Crippen LogP contribution in [-0.2, 0) is 9.31 Å². The van der Waals surface area contributed by atoms with Crippen LogP contribution in [0.3, 0.4) is 0 Å². The summed E-state index contributed by atoms with van der Waals surface area (Å²) in [6.45, 7) is 7.51.